The van der Waals surface area contributed by atoms with Crippen molar-refractivity contribution in [2.45, 2.75) is 65.1 Å². The molecule has 8 nitrogen and oxygen atoms in total. The predicted octanol–water partition coefficient (Wildman–Crippen LogP) is 2.07. The van der Waals surface area contributed by atoms with Gasteiger partial charge in [-0.25, -0.2) is 0 Å². The van der Waals surface area contributed by atoms with Crippen molar-refractivity contribution in [2.75, 3.05) is 20.3 Å². The van der Waals surface area contributed by atoms with E-state index in [1.165, 1.54) is 14.0 Å². The lowest BCUT2D eigenvalue weighted by Crippen LogP contribution is -2.65. The molecule has 0 aromatic heterocycles. The molecule has 0 N–H and O–H groups in total. The Hall–Kier alpha value is -1.96. The molecule has 8 atom stereocenters. The SMILES string of the molecule is COC(=O)C1CC(OC(C)=O)C(=O)C2[C@@]1(C)CCC1C(=O)OC(C3CCOC3)C[C@@]12C. The van der Waals surface area contributed by atoms with E-state index in [4.69, 9.17) is 18.9 Å². The molecule has 172 valence electrons. The molecule has 31 heavy (non-hydrogen) atoms. The predicted molar refractivity (Wildman–Crippen MR) is 107 cm³/mol. The van der Waals surface area contributed by atoms with Crippen molar-refractivity contribution in [1.29, 1.82) is 0 Å². The van der Waals surface area contributed by atoms with Gasteiger partial charge in [0, 0.05) is 31.8 Å². The number of fused-ring (bicyclic) bond motifs is 3. The fraction of sp³-hybridized carbons (Fsp3) is 0.826. The molecule has 0 bridgehead atoms. The summed E-state index contributed by atoms with van der Waals surface area (Å²) in [5, 5.41) is 0. The molecule has 6 unspecified atom stereocenters. The number of cyclic esters (lactones) is 1. The second-order valence-corrected chi connectivity index (χ2v) is 10.2. The van der Waals surface area contributed by atoms with Crippen molar-refractivity contribution in [3.63, 3.8) is 0 Å². The number of ketones is 1. The summed E-state index contributed by atoms with van der Waals surface area (Å²) in [7, 11) is 1.33. The summed E-state index contributed by atoms with van der Waals surface area (Å²) in [6, 6.07) is 0. The second kappa shape index (κ2) is 7.87. The van der Waals surface area contributed by atoms with Gasteiger partial charge in [-0.1, -0.05) is 13.8 Å². The first kappa shape index (κ1) is 22.2. The zero-order valence-corrected chi connectivity index (χ0v) is 18.7. The molecule has 4 fully saturated rings. The summed E-state index contributed by atoms with van der Waals surface area (Å²) in [4.78, 5) is 51.3. The summed E-state index contributed by atoms with van der Waals surface area (Å²) < 4.78 is 21.8. The lowest BCUT2D eigenvalue weighted by Gasteiger charge is -2.61. The summed E-state index contributed by atoms with van der Waals surface area (Å²) in [5.74, 6) is -2.96. The Kier molecular flexibility index (Phi) is 5.65. The number of esters is 3. The summed E-state index contributed by atoms with van der Waals surface area (Å²) in [6.07, 6.45) is 1.21. The highest BCUT2D eigenvalue weighted by molar-refractivity contribution is 5.93. The van der Waals surface area contributed by atoms with E-state index < -0.39 is 46.6 Å². The third kappa shape index (κ3) is 3.47. The van der Waals surface area contributed by atoms with Gasteiger partial charge >= 0.3 is 17.9 Å². The summed E-state index contributed by atoms with van der Waals surface area (Å²) in [6.45, 7) is 6.36. The Balaban J connectivity index is 1.76. The quantitative estimate of drug-likeness (QED) is 0.489. The highest BCUT2D eigenvalue weighted by atomic mass is 16.6. The Morgan fingerprint density at radius 3 is 2.48 bits per heavy atom. The molecule has 8 heteroatoms. The lowest BCUT2D eigenvalue weighted by molar-refractivity contribution is -0.212. The van der Waals surface area contributed by atoms with E-state index in [0.29, 0.717) is 32.5 Å². The number of carbonyl (C=O) groups excluding carboxylic acids is 4. The van der Waals surface area contributed by atoms with Crippen molar-refractivity contribution in [3.05, 3.63) is 0 Å². The summed E-state index contributed by atoms with van der Waals surface area (Å²) >= 11 is 0. The van der Waals surface area contributed by atoms with E-state index in [9.17, 15) is 19.2 Å². The fourth-order valence-corrected chi connectivity index (χ4v) is 6.97. The lowest BCUT2D eigenvalue weighted by atomic mass is 9.43. The van der Waals surface area contributed by atoms with Crippen LogP contribution in [0.25, 0.3) is 0 Å². The van der Waals surface area contributed by atoms with Crippen molar-refractivity contribution >= 4 is 23.7 Å². The number of rotatable bonds is 3. The molecule has 2 heterocycles. The second-order valence-electron chi connectivity index (χ2n) is 10.2. The van der Waals surface area contributed by atoms with Gasteiger partial charge in [-0.15, -0.1) is 0 Å². The van der Waals surface area contributed by atoms with Crippen LogP contribution in [0.2, 0.25) is 0 Å². The van der Waals surface area contributed by atoms with Crippen LogP contribution in [0.5, 0.6) is 0 Å². The molecule has 0 radical (unpaired) electrons. The number of methoxy groups -OCH3 is 1. The fourth-order valence-electron chi connectivity index (χ4n) is 6.97. The van der Waals surface area contributed by atoms with Crippen LogP contribution in [0.4, 0.5) is 0 Å². The van der Waals surface area contributed by atoms with Crippen molar-refractivity contribution < 1.29 is 38.1 Å². The van der Waals surface area contributed by atoms with Gasteiger partial charge in [0.15, 0.2) is 11.9 Å². The highest BCUT2D eigenvalue weighted by Gasteiger charge is 2.68. The van der Waals surface area contributed by atoms with E-state index in [-0.39, 0.29) is 30.2 Å². The van der Waals surface area contributed by atoms with Crippen molar-refractivity contribution in [1.82, 2.24) is 0 Å². The van der Waals surface area contributed by atoms with Crippen LogP contribution in [0.3, 0.4) is 0 Å². The molecule has 0 amide bonds. The number of hydrogen-bond donors (Lipinski definition) is 0. The Morgan fingerprint density at radius 2 is 1.87 bits per heavy atom. The maximum absolute atomic E-state index is 13.7. The zero-order chi connectivity index (χ0) is 22.6. The Labute approximate surface area is 182 Å². The minimum Gasteiger partial charge on any atom is -0.469 e. The molecular formula is C23H32O8. The average molecular weight is 437 g/mol. The van der Waals surface area contributed by atoms with Crippen LogP contribution in [-0.4, -0.2) is 56.2 Å². The van der Waals surface area contributed by atoms with Crippen LogP contribution in [0.1, 0.15) is 52.9 Å². The number of ether oxygens (including phenoxy) is 4. The third-order valence-electron chi connectivity index (χ3n) is 8.41. The van der Waals surface area contributed by atoms with Gasteiger partial charge in [0.05, 0.1) is 25.6 Å². The molecule has 4 aliphatic rings. The van der Waals surface area contributed by atoms with Gasteiger partial charge in [-0.05, 0) is 36.5 Å². The molecule has 2 saturated carbocycles. The Bertz CT molecular complexity index is 786. The van der Waals surface area contributed by atoms with E-state index in [0.717, 1.165) is 6.42 Å². The van der Waals surface area contributed by atoms with Crippen molar-refractivity contribution in [2.24, 2.45) is 34.5 Å². The molecule has 2 aliphatic heterocycles. The van der Waals surface area contributed by atoms with E-state index in [1.807, 2.05) is 13.8 Å². The molecule has 0 spiro atoms. The average Bonchev–Trinajstić information content (AvgIpc) is 3.23. The molecule has 2 aliphatic carbocycles. The van der Waals surface area contributed by atoms with Gasteiger partial charge in [-0.3, -0.25) is 19.2 Å². The largest absolute Gasteiger partial charge is 0.469 e. The third-order valence-corrected chi connectivity index (χ3v) is 8.41. The van der Waals surface area contributed by atoms with Crippen LogP contribution >= 0.6 is 0 Å². The first-order valence-corrected chi connectivity index (χ1v) is 11.2. The zero-order valence-electron chi connectivity index (χ0n) is 18.7. The van der Waals surface area contributed by atoms with E-state index in [1.54, 1.807) is 0 Å². The van der Waals surface area contributed by atoms with E-state index >= 15 is 0 Å². The van der Waals surface area contributed by atoms with Gasteiger partial charge in [0.1, 0.15) is 6.10 Å². The summed E-state index contributed by atoms with van der Waals surface area (Å²) in [5.41, 5.74) is -1.38. The monoisotopic (exact) mass is 436 g/mol. The first-order valence-electron chi connectivity index (χ1n) is 11.2. The smallest absolute Gasteiger partial charge is 0.309 e. The Morgan fingerprint density at radius 1 is 1.13 bits per heavy atom. The molecule has 0 aromatic rings. The maximum Gasteiger partial charge on any atom is 0.309 e. The molecule has 4 rings (SSSR count). The highest BCUT2D eigenvalue weighted by Crippen LogP contribution is 2.64. The van der Waals surface area contributed by atoms with Gasteiger partial charge < -0.3 is 18.9 Å². The van der Waals surface area contributed by atoms with Gasteiger partial charge in [0.2, 0.25) is 0 Å². The minimum absolute atomic E-state index is 0.106. The number of carbonyl (C=O) groups is 4. The number of hydrogen-bond acceptors (Lipinski definition) is 8. The molecule has 0 aromatic carbocycles. The minimum atomic E-state index is -1.01. The molecular weight excluding hydrogens is 404 g/mol. The van der Waals surface area contributed by atoms with Crippen LogP contribution < -0.4 is 0 Å². The first-order chi connectivity index (χ1) is 14.6. The topological polar surface area (TPSA) is 105 Å². The van der Waals surface area contributed by atoms with E-state index in [2.05, 4.69) is 0 Å². The number of Topliss-reactive ketones (excluding diaryl/α,β-unsaturated/α-hetero) is 1. The van der Waals surface area contributed by atoms with Crippen molar-refractivity contribution in [3.8, 4) is 0 Å². The van der Waals surface area contributed by atoms with Crippen LogP contribution in [0, 0.1) is 34.5 Å². The van der Waals surface area contributed by atoms with Gasteiger partial charge in [0.25, 0.3) is 0 Å². The van der Waals surface area contributed by atoms with Crippen LogP contribution in [-0.2, 0) is 38.1 Å². The van der Waals surface area contributed by atoms with Crippen LogP contribution in [0.15, 0.2) is 0 Å². The standard InChI is InChI=1S/C23H32O8/c1-12(24)30-16-9-15(20(26)28-4)22(2)7-5-14-21(27)31-17(13-6-8-29-11-13)10-23(14,3)19(22)18(16)25/h13-17,19H,5-11H2,1-4H3/t13?,14?,15?,16?,17?,19?,22-,23-/m0/s1. The maximum atomic E-state index is 13.7. The normalized spacial score (nSPS) is 44.6. The van der Waals surface area contributed by atoms with Gasteiger partial charge in [-0.2, -0.15) is 0 Å². The molecule has 2 saturated heterocycles.